The van der Waals surface area contributed by atoms with E-state index in [2.05, 4.69) is 0 Å². The molecule has 96 valence electrons. The van der Waals surface area contributed by atoms with Gasteiger partial charge in [0.1, 0.15) is 11.9 Å². The summed E-state index contributed by atoms with van der Waals surface area (Å²) in [5.41, 5.74) is -0.359. The van der Waals surface area contributed by atoms with Crippen LogP contribution in [0.4, 0.5) is 0 Å². The zero-order chi connectivity index (χ0) is 13.4. The summed E-state index contributed by atoms with van der Waals surface area (Å²) in [4.78, 5) is 23.1. The second-order valence-corrected chi connectivity index (χ2v) is 5.03. The first-order valence-electron chi connectivity index (χ1n) is 5.78. The summed E-state index contributed by atoms with van der Waals surface area (Å²) in [7, 11) is 0. The van der Waals surface area contributed by atoms with Gasteiger partial charge in [-0.15, -0.1) is 0 Å². The Balaban J connectivity index is 3.11. The zero-order valence-electron chi connectivity index (χ0n) is 11.3. The molecule has 4 heteroatoms. The molecule has 0 aromatic carbocycles. The van der Waals surface area contributed by atoms with Crippen LogP contribution < -0.4 is 0 Å². The van der Waals surface area contributed by atoms with Gasteiger partial charge in [-0.2, -0.15) is 0 Å². The van der Waals surface area contributed by atoms with E-state index in [0.717, 1.165) is 0 Å². The molecule has 0 fully saturated rings. The molecule has 17 heavy (non-hydrogen) atoms. The summed E-state index contributed by atoms with van der Waals surface area (Å²) in [6, 6.07) is 0. The van der Waals surface area contributed by atoms with Crippen molar-refractivity contribution in [2.45, 2.75) is 53.2 Å². The van der Waals surface area contributed by atoms with Crippen molar-refractivity contribution in [1.29, 1.82) is 0 Å². The van der Waals surface area contributed by atoms with E-state index < -0.39 is 11.6 Å². The maximum Gasteiger partial charge on any atom is 0.303 e. The Morgan fingerprint density at radius 1 is 1.35 bits per heavy atom. The molecule has 2 atom stereocenters. The minimum Gasteiger partial charge on any atom is -0.490 e. The third kappa shape index (κ3) is 2.68. The van der Waals surface area contributed by atoms with Crippen molar-refractivity contribution >= 4 is 11.8 Å². The van der Waals surface area contributed by atoms with Crippen molar-refractivity contribution in [2.75, 3.05) is 0 Å². The predicted molar refractivity (Wildman–Crippen MR) is 63.3 cm³/mol. The van der Waals surface area contributed by atoms with Crippen LogP contribution in [-0.4, -0.2) is 23.5 Å². The topological polar surface area (TPSA) is 52.6 Å². The lowest BCUT2D eigenvalue weighted by Gasteiger charge is -2.36. The molecule has 0 aromatic heterocycles. The number of Topliss-reactive ketones (excluding diaryl/α,β-unsaturated/α-hetero) is 1. The van der Waals surface area contributed by atoms with E-state index in [-0.39, 0.29) is 17.8 Å². The number of carbonyl (C=O) groups is 2. The van der Waals surface area contributed by atoms with Crippen molar-refractivity contribution in [3.63, 3.8) is 0 Å². The SMILES string of the molecule is CC(=O)OC(C)(C)C1=C(C)C(=O)C(C)C(C)O1. The molecule has 0 amide bonds. The van der Waals surface area contributed by atoms with Crippen molar-refractivity contribution in [2.24, 2.45) is 5.92 Å². The molecule has 0 bridgehead atoms. The summed E-state index contributed by atoms with van der Waals surface area (Å²) in [6.07, 6.45) is -0.198. The van der Waals surface area contributed by atoms with Gasteiger partial charge in [-0.25, -0.2) is 0 Å². The summed E-state index contributed by atoms with van der Waals surface area (Å²) < 4.78 is 10.9. The first kappa shape index (κ1) is 13.7. The third-order valence-electron chi connectivity index (χ3n) is 3.08. The van der Waals surface area contributed by atoms with E-state index in [1.54, 1.807) is 20.8 Å². The number of hydrogen-bond acceptors (Lipinski definition) is 4. The number of rotatable bonds is 2. The van der Waals surface area contributed by atoms with Crippen molar-refractivity contribution < 1.29 is 19.1 Å². The Morgan fingerprint density at radius 2 is 1.88 bits per heavy atom. The van der Waals surface area contributed by atoms with Gasteiger partial charge in [0.05, 0.1) is 5.92 Å². The first-order valence-corrected chi connectivity index (χ1v) is 5.78. The van der Waals surface area contributed by atoms with Gasteiger partial charge in [-0.1, -0.05) is 6.92 Å². The number of esters is 1. The van der Waals surface area contributed by atoms with E-state index in [1.165, 1.54) is 6.92 Å². The van der Waals surface area contributed by atoms with Crippen molar-refractivity contribution in [3.8, 4) is 0 Å². The summed E-state index contributed by atoms with van der Waals surface area (Å²) in [6.45, 7) is 10.2. The Bertz CT molecular complexity index is 379. The lowest BCUT2D eigenvalue weighted by molar-refractivity contribution is -0.156. The summed E-state index contributed by atoms with van der Waals surface area (Å²) >= 11 is 0. The number of carbonyl (C=O) groups excluding carboxylic acids is 2. The quantitative estimate of drug-likeness (QED) is 0.694. The fourth-order valence-electron chi connectivity index (χ4n) is 2.04. The normalized spacial score (nSPS) is 25.6. The zero-order valence-corrected chi connectivity index (χ0v) is 11.3. The fraction of sp³-hybridized carbons (Fsp3) is 0.692. The molecule has 1 heterocycles. The average Bonchev–Trinajstić information content (AvgIpc) is 2.18. The van der Waals surface area contributed by atoms with Gasteiger partial charge >= 0.3 is 5.97 Å². The lowest BCUT2D eigenvalue weighted by atomic mass is 9.88. The standard InChI is InChI=1S/C13H20O4/c1-7-9(3)16-12(8(2)11(7)15)13(5,6)17-10(4)14/h7,9H,1-6H3. The fourth-order valence-corrected chi connectivity index (χ4v) is 2.04. The van der Waals surface area contributed by atoms with Crippen molar-refractivity contribution in [1.82, 2.24) is 0 Å². The van der Waals surface area contributed by atoms with Crippen LogP contribution in [0.5, 0.6) is 0 Å². The van der Waals surface area contributed by atoms with E-state index in [4.69, 9.17) is 9.47 Å². The highest BCUT2D eigenvalue weighted by Crippen LogP contribution is 2.33. The molecule has 0 radical (unpaired) electrons. The molecule has 0 saturated heterocycles. The molecule has 1 aliphatic heterocycles. The second-order valence-electron chi connectivity index (χ2n) is 5.03. The Morgan fingerprint density at radius 3 is 2.35 bits per heavy atom. The molecule has 0 saturated carbocycles. The monoisotopic (exact) mass is 240 g/mol. The van der Waals surface area contributed by atoms with Gasteiger partial charge in [-0.3, -0.25) is 9.59 Å². The van der Waals surface area contributed by atoms with Gasteiger partial charge in [-0.05, 0) is 27.7 Å². The number of allylic oxidation sites excluding steroid dienone is 1. The Kier molecular flexibility index (Phi) is 3.65. The van der Waals surface area contributed by atoms with Crippen LogP contribution in [-0.2, 0) is 19.1 Å². The second kappa shape index (κ2) is 4.51. The molecule has 1 aliphatic rings. The van der Waals surface area contributed by atoms with Crippen LogP contribution in [0.15, 0.2) is 11.3 Å². The van der Waals surface area contributed by atoms with Crippen LogP contribution >= 0.6 is 0 Å². The van der Waals surface area contributed by atoms with Gasteiger partial charge in [0.2, 0.25) is 0 Å². The molecule has 0 aromatic rings. The van der Waals surface area contributed by atoms with Crippen LogP contribution in [0.3, 0.4) is 0 Å². The minimum atomic E-state index is -0.903. The summed E-state index contributed by atoms with van der Waals surface area (Å²) in [5, 5.41) is 0. The number of hydrogen-bond donors (Lipinski definition) is 0. The Labute approximate surface area is 102 Å². The Hall–Kier alpha value is -1.32. The largest absolute Gasteiger partial charge is 0.490 e. The highest BCUT2D eigenvalue weighted by atomic mass is 16.6. The molecule has 0 N–H and O–H groups in total. The molecule has 0 aliphatic carbocycles. The number of ether oxygens (including phenoxy) is 2. The first-order chi connectivity index (χ1) is 7.66. The minimum absolute atomic E-state index is 0.0546. The van der Waals surface area contributed by atoms with Gasteiger partial charge in [0.15, 0.2) is 11.4 Å². The van der Waals surface area contributed by atoms with E-state index in [0.29, 0.717) is 11.3 Å². The van der Waals surface area contributed by atoms with Gasteiger partial charge in [0.25, 0.3) is 0 Å². The van der Waals surface area contributed by atoms with E-state index >= 15 is 0 Å². The van der Waals surface area contributed by atoms with Crippen LogP contribution in [0.25, 0.3) is 0 Å². The molecular weight excluding hydrogens is 220 g/mol. The summed E-state index contributed by atoms with van der Waals surface area (Å²) in [5.74, 6) is -0.0354. The smallest absolute Gasteiger partial charge is 0.303 e. The maximum absolute atomic E-state index is 12.0. The van der Waals surface area contributed by atoms with E-state index in [1.807, 2.05) is 13.8 Å². The molecule has 0 spiro atoms. The third-order valence-corrected chi connectivity index (χ3v) is 3.08. The molecule has 2 unspecified atom stereocenters. The average molecular weight is 240 g/mol. The molecule has 4 nitrogen and oxygen atoms in total. The van der Waals surface area contributed by atoms with E-state index in [9.17, 15) is 9.59 Å². The van der Waals surface area contributed by atoms with Gasteiger partial charge in [0, 0.05) is 12.5 Å². The lowest BCUT2D eigenvalue weighted by Crippen LogP contribution is -2.40. The highest BCUT2D eigenvalue weighted by Gasteiger charge is 2.39. The van der Waals surface area contributed by atoms with Crippen molar-refractivity contribution in [3.05, 3.63) is 11.3 Å². The predicted octanol–water partition coefficient (Wildman–Crippen LogP) is 2.23. The van der Waals surface area contributed by atoms with Gasteiger partial charge < -0.3 is 9.47 Å². The van der Waals surface area contributed by atoms with Crippen LogP contribution in [0, 0.1) is 5.92 Å². The number of ketones is 1. The van der Waals surface area contributed by atoms with Crippen LogP contribution in [0.2, 0.25) is 0 Å². The highest BCUT2D eigenvalue weighted by molar-refractivity contribution is 5.98. The molecular formula is C13H20O4. The molecule has 1 rings (SSSR count). The van der Waals surface area contributed by atoms with Crippen LogP contribution in [0.1, 0.15) is 41.5 Å². The maximum atomic E-state index is 12.0.